The smallest absolute Gasteiger partial charge is 0.126 e. The van der Waals surface area contributed by atoms with Crippen LogP contribution in [0, 0.1) is 11.6 Å². The molecule has 0 fully saturated rings. The minimum Gasteiger partial charge on any atom is -0.488 e. The molecule has 0 saturated heterocycles. The van der Waals surface area contributed by atoms with E-state index in [1.165, 1.54) is 35.6 Å². The number of hydrogen-bond acceptors (Lipinski definition) is 2. The topological polar surface area (TPSA) is 9.23 Å². The second kappa shape index (κ2) is 4.97. The Morgan fingerprint density at radius 2 is 1.79 bits per heavy atom. The summed E-state index contributed by atoms with van der Waals surface area (Å²) in [6.45, 7) is 0.352. The second-order valence-electron chi connectivity index (χ2n) is 4.14. The monoisotopic (exact) mass is 276 g/mol. The summed E-state index contributed by atoms with van der Waals surface area (Å²) < 4.78 is 32.5. The van der Waals surface area contributed by atoms with E-state index in [1.807, 2.05) is 6.07 Å². The van der Waals surface area contributed by atoms with Gasteiger partial charge in [0.25, 0.3) is 0 Å². The first kappa shape index (κ1) is 12.1. The van der Waals surface area contributed by atoms with Crippen LogP contribution in [0.2, 0.25) is 0 Å². The predicted octanol–water partition coefficient (Wildman–Crippen LogP) is 4.76. The van der Waals surface area contributed by atoms with Gasteiger partial charge in [0, 0.05) is 15.6 Å². The number of rotatable bonds is 3. The number of ether oxygens (including phenoxy) is 1. The molecule has 0 aliphatic rings. The van der Waals surface area contributed by atoms with E-state index in [0.717, 1.165) is 15.0 Å². The molecule has 0 saturated carbocycles. The molecule has 3 aromatic rings. The number of thiophene rings is 1. The summed E-state index contributed by atoms with van der Waals surface area (Å²) in [6, 6.07) is 12.7. The Morgan fingerprint density at radius 1 is 0.947 bits per heavy atom. The maximum atomic E-state index is 13.1. The molecule has 1 heterocycles. The summed E-state index contributed by atoms with van der Waals surface area (Å²) in [7, 11) is 0. The molecule has 0 aliphatic carbocycles. The van der Waals surface area contributed by atoms with Crippen LogP contribution in [-0.2, 0) is 6.61 Å². The third-order valence-electron chi connectivity index (χ3n) is 2.71. The normalized spacial score (nSPS) is 10.8. The van der Waals surface area contributed by atoms with Crippen molar-refractivity contribution in [2.45, 2.75) is 6.61 Å². The van der Waals surface area contributed by atoms with Crippen LogP contribution >= 0.6 is 11.3 Å². The average Bonchev–Trinajstić information content (AvgIpc) is 2.78. The van der Waals surface area contributed by atoms with E-state index in [0.29, 0.717) is 12.4 Å². The van der Waals surface area contributed by atoms with E-state index in [-0.39, 0.29) is 11.6 Å². The lowest BCUT2D eigenvalue weighted by molar-refractivity contribution is 0.308. The van der Waals surface area contributed by atoms with Crippen molar-refractivity contribution in [3.05, 3.63) is 65.0 Å². The van der Waals surface area contributed by atoms with Gasteiger partial charge in [0.1, 0.15) is 24.0 Å². The van der Waals surface area contributed by atoms with Gasteiger partial charge in [-0.25, -0.2) is 8.78 Å². The zero-order valence-electron chi connectivity index (χ0n) is 9.90. The molecular formula is C15H10F2OS. The van der Waals surface area contributed by atoms with E-state index in [2.05, 4.69) is 0 Å². The highest BCUT2D eigenvalue weighted by atomic mass is 32.1. The molecule has 3 rings (SSSR count). The summed E-state index contributed by atoms with van der Waals surface area (Å²) >= 11 is 1.48. The Hall–Kier alpha value is -1.94. The van der Waals surface area contributed by atoms with E-state index >= 15 is 0 Å². The van der Waals surface area contributed by atoms with Crippen LogP contribution in [0.4, 0.5) is 8.78 Å². The van der Waals surface area contributed by atoms with Crippen LogP contribution in [-0.4, -0.2) is 0 Å². The predicted molar refractivity (Wildman–Crippen MR) is 72.5 cm³/mol. The lowest BCUT2D eigenvalue weighted by atomic mass is 10.2. The quantitative estimate of drug-likeness (QED) is 0.670. The summed E-state index contributed by atoms with van der Waals surface area (Å²) in [5.74, 6) is -0.0773. The highest BCUT2D eigenvalue weighted by molar-refractivity contribution is 7.19. The maximum Gasteiger partial charge on any atom is 0.126 e. The van der Waals surface area contributed by atoms with Crippen molar-refractivity contribution >= 4 is 21.4 Å². The van der Waals surface area contributed by atoms with Crippen LogP contribution in [0.15, 0.2) is 48.5 Å². The molecule has 0 unspecified atom stereocenters. The van der Waals surface area contributed by atoms with Crippen LogP contribution in [0.25, 0.3) is 10.1 Å². The molecule has 2 aromatic carbocycles. The van der Waals surface area contributed by atoms with Crippen LogP contribution in [0.5, 0.6) is 5.75 Å². The number of halogens is 2. The van der Waals surface area contributed by atoms with Crippen molar-refractivity contribution in [2.75, 3.05) is 0 Å². The molecule has 0 spiro atoms. The number of fused-ring (bicyclic) bond motifs is 1. The summed E-state index contributed by atoms with van der Waals surface area (Å²) in [5, 5.41) is 0.990. The fraction of sp³-hybridized carbons (Fsp3) is 0.0667. The van der Waals surface area contributed by atoms with Crippen LogP contribution < -0.4 is 4.74 Å². The molecule has 0 aliphatic heterocycles. The van der Waals surface area contributed by atoms with E-state index in [4.69, 9.17) is 4.74 Å². The minimum atomic E-state index is -0.323. The van der Waals surface area contributed by atoms with Gasteiger partial charge >= 0.3 is 0 Å². The first-order valence-electron chi connectivity index (χ1n) is 5.77. The molecule has 96 valence electrons. The molecule has 0 radical (unpaired) electrons. The Bertz CT molecular complexity index is 721. The maximum absolute atomic E-state index is 13.1. The largest absolute Gasteiger partial charge is 0.488 e. The fourth-order valence-electron chi connectivity index (χ4n) is 1.84. The van der Waals surface area contributed by atoms with Gasteiger partial charge in [-0.15, -0.1) is 11.3 Å². The van der Waals surface area contributed by atoms with Crippen molar-refractivity contribution in [1.29, 1.82) is 0 Å². The zero-order valence-corrected chi connectivity index (χ0v) is 10.7. The average molecular weight is 276 g/mol. The molecule has 1 aromatic heterocycles. The molecule has 0 N–H and O–H groups in total. The highest BCUT2D eigenvalue weighted by Crippen LogP contribution is 2.27. The van der Waals surface area contributed by atoms with E-state index < -0.39 is 0 Å². The van der Waals surface area contributed by atoms with Crippen molar-refractivity contribution in [3.8, 4) is 5.75 Å². The molecule has 1 nitrogen and oxygen atoms in total. The molecule has 19 heavy (non-hydrogen) atoms. The third kappa shape index (κ3) is 2.74. The Labute approximate surface area is 113 Å². The van der Waals surface area contributed by atoms with Gasteiger partial charge in [-0.05, 0) is 35.7 Å². The van der Waals surface area contributed by atoms with Crippen LogP contribution in [0.3, 0.4) is 0 Å². The summed E-state index contributed by atoms with van der Waals surface area (Å²) in [6.07, 6.45) is 0. The highest BCUT2D eigenvalue weighted by Gasteiger charge is 2.04. The van der Waals surface area contributed by atoms with Crippen molar-refractivity contribution in [2.24, 2.45) is 0 Å². The summed E-state index contributed by atoms with van der Waals surface area (Å²) in [5.41, 5.74) is 0. The van der Waals surface area contributed by atoms with Gasteiger partial charge in [-0.2, -0.15) is 0 Å². The third-order valence-corrected chi connectivity index (χ3v) is 3.78. The van der Waals surface area contributed by atoms with Gasteiger partial charge in [-0.1, -0.05) is 12.1 Å². The van der Waals surface area contributed by atoms with Gasteiger partial charge in [0.15, 0.2) is 0 Å². The summed E-state index contributed by atoms with van der Waals surface area (Å²) in [4.78, 5) is 0.977. The van der Waals surface area contributed by atoms with Crippen molar-refractivity contribution < 1.29 is 13.5 Å². The number of benzene rings is 2. The van der Waals surface area contributed by atoms with Gasteiger partial charge in [-0.3, -0.25) is 0 Å². The fourth-order valence-corrected chi connectivity index (χ4v) is 2.84. The lowest BCUT2D eigenvalue weighted by Crippen LogP contribution is -1.92. The van der Waals surface area contributed by atoms with Crippen molar-refractivity contribution in [3.63, 3.8) is 0 Å². The first-order chi connectivity index (χ1) is 9.20. The minimum absolute atomic E-state index is 0.244. The first-order valence-corrected chi connectivity index (χ1v) is 6.59. The van der Waals surface area contributed by atoms with Gasteiger partial charge < -0.3 is 4.74 Å². The standard InChI is InChI=1S/C15H10F2OS/c16-11-2-1-3-13(7-11)18-9-14-6-10-4-5-12(17)8-15(10)19-14/h1-8H,9H2. The SMILES string of the molecule is Fc1cccc(OCc2cc3ccc(F)cc3s2)c1. The van der Waals surface area contributed by atoms with E-state index in [1.54, 1.807) is 18.2 Å². The van der Waals surface area contributed by atoms with Gasteiger partial charge in [0.05, 0.1) is 0 Å². The molecular weight excluding hydrogens is 266 g/mol. The van der Waals surface area contributed by atoms with Crippen molar-refractivity contribution in [1.82, 2.24) is 0 Å². The lowest BCUT2D eigenvalue weighted by Gasteiger charge is -2.03. The van der Waals surface area contributed by atoms with E-state index in [9.17, 15) is 8.78 Å². The Balaban J connectivity index is 1.78. The molecule has 0 bridgehead atoms. The molecule has 4 heteroatoms. The Kier molecular flexibility index (Phi) is 3.17. The molecule has 0 amide bonds. The zero-order chi connectivity index (χ0) is 13.2. The Morgan fingerprint density at radius 3 is 2.63 bits per heavy atom. The number of hydrogen-bond donors (Lipinski definition) is 0. The van der Waals surface area contributed by atoms with Gasteiger partial charge in [0.2, 0.25) is 0 Å². The second-order valence-corrected chi connectivity index (χ2v) is 5.31. The molecule has 0 atom stereocenters. The van der Waals surface area contributed by atoms with Crippen LogP contribution in [0.1, 0.15) is 4.88 Å².